The highest BCUT2D eigenvalue weighted by Crippen LogP contribution is 2.29. The number of benzene rings is 1. The molecule has 0 spiro atoms. The molecule has 0 amide bonds. The van der Waals surface area contributed by atoms with Crippen molar-refractivity contribution in [3.63, 3.8) is 0 Å². The number of sulfonamides is 1. The highest BCUT2D eigenvalue weighted by molar-refractivity contribution is 7.89. The van der Waals surface area contributed by atoms with Crippen LogP contribution in [0.1, 0.15) is 37.4 Å². The number of hydrogen-bond acceptors (Lipinski definition) is 5. The molecule has 2 aromatic rings. The molecule has 8 heteroatoms. The third-order valence-electron chi connectivity index (χ3n) is 5.53. The summed E-state index contributed by atoms with van der Waals surface area (Å²) in [6, 6.07) is 8.82. The van der Waals surface area contributed by atoms with Gasteiger partial charge in [-0.3, -0.25) is 4.90 Å². The molecule has 1 aromatic carbocycles. The van der Waals surface area contributed by atoms with Gasteiger partial charge in [-0.15, -0.1) is 0 Å². The number of nitrogens with zero attached hydrogens (tertiary/aromatic N) is 2. The van der Waals surface area contributed by atoms with Gasteiger partial charge in [-0.25, -0.2) is 13.1 Å². The topological polar surface area (TPSA) is 72.8 Å². The van der Waals surface area contributed by atoms with Crippen molar-refractivity contribution in [3.05, 3.63) is 42.2 Å². The van der Waals surface area contributed by atoms with Crippen LogP contribution in [0.2, 0.25) is 0 Å². The fraction of sp³-hybridized carbons (Fsp3) is 0.524. The van der Waals surface area contributed by atoms with Gasteiger partial charge in [-0.05, 0) is 50.2 Å². The summed E-state index contributed by atoms with van der Waals surface area (Å²) < 4.78 is 41.6. The molecular weight excluding hydrogens is 390 g/mol. The lowest BCUT2D eigenvalue weighted by molar-refractivity contribution is 0.199. The van der Waals surface area contributed by atoms with Crippen LogP contribution in [0.15, 0.2) is 41.4 Å². The standard InChI is InChI=1S/C21H31N3O4S/c1-23-12-8-9-18(23)19(24-13-6-4-5-7-14-24)16-22-29(25,26)21-15-17(27-2)10-11-20(21)28-3/h8-12,15,19,22H,4-7,13-14,16H2,1-3H3. The summed E-state index contributed by atoms with van der Waals surface area (Å²) >= 11 is 0. The van der Waals surface area contributed by atoms with Crippen LogP contribution < -0.4 is 14.2 Å². The van der Waals surface area contributed by atoms with Crippen LogP contribution in [-0.4, -0.2) is 51.7 Å². The van der Waals surface area contributed by atoms with Gasteiger partial charge in [-0.1, -0.05) is 12.8 Å². The summed E-state index contributed by atoms with van der Waals surface area (Å²) in [7, 11) is 1.20. The van der Waals surface area contributed by atoms with Gasteiger partial charge in [-0.2, -0.15) is 0 Å². The Morgan fingerprint density at radius 1 is 1.07 bits per heavy atom. The van der Waals surface area contributed by atoms with Crippen molar-refractivity contribution in [1.29, 1.82) is 0 Å². The van der Waals surface area contributed by atoms with Crippen molar-refractivity contribution >= 4 is 10.0 Å². The normalized spacial score (nSPS) is 16.9. The zero-order valence-corrected chi connectivity index (χ0v) is 18.2. The lowest BCUT2D eigenvalue weighted by Crippen LogP contribution is -2.39. The Morgan fingerprint density at radius 3 is 2.38 bits per heavy atom. The predicted octanol–water partition coefficient (Wildman–Crippen LogP) is 2.94. The van der Waals surface area contributed by atoms with Crippen LogP contribution in [0, 0.1) is 0 Å². The van der Waals surface area contributed by atoms with Crippen molar-refractivity contribution < 1.29 is 17.9 Å². The maximum Gasteiger partial charge on any atom is 0.244 e. The van der Waals surface area contributed by atoms with E-state index in [1.165, 1.54) is 33.1 Å². The Bertz CT molecular complexity index is 902. The molecule has 29 heavy (non-hydrogen) atoms. The molecule has 1 aliphatic heterocycles. The average molecular weight is 422 g/mol. The second-order valence-electron chi connectivity index (χ2n) is 7.38. The molecule has 0 radical (unpaired) electrons. The van der Waals surface area contributed by atoms with Gasteiger partial charge < -0.3 is 14.0 Å². The molecule has 1 unspecified atom stereocenters. The van der Waals surface area contributed by atoms with Gasteiger partial charge in [0.2, 0.25) is 10.0 Å². The minimum absolute atomic E-state index is 0.0283. The molecule has 1 aliphatic rings. The van der Waals surface area contributed by atoms with Crippen LogP contribution in [0.25, 0.3) is 0 Å². The van der Waals surface area contributed by atoms with Crippen LogP contribution in [0.4, 0.5) is 0 Å². The molecule has 1 aromatic heterocycles. The SMILES string of the molecule is COc1ccc(OC)c(S(=O)(=O)NCC(c2cccn2C)N2CCCCCC2)c1. The molecule has 1 N–H and O–H groups in total. The molecule has 1 fully saturated rings. The number of likely N-dealkylation sites (tertiary alicyclic amines) is 1. The molecule has 3 rings (SSSR count). The Morgan fingerprint density at radius 2 is 1.79 bits per heavy atom. The molecule has 0 saturated carbocycles. The van der Waals surface area contributed by atoms with Crippen LogP contribution in [-0.2, 0) is 17.1 Å². The Kier molecular flexibility index (Phi) is 7.21. The maximum atomic E-state index is 13.1. The molecule has 2 heterocycles. The minimum Gasteiger partial charge on any atom is -0.497 e. The van der Waals surface area contributed by atoms with E-state index in [4.69, 9.17) is 9.47 Å². The van der Waals surface area contributed by atoms with Crippen molar-refractivity contribution in [1.82, 2.24) is 14.2 Å². The van der Waals surface area contributed by atoms with Crippen molar-refractivity contribution in [2.75, 3.05) is 33.9 Å². The van der Waals surface area contributed by atoms with Crippen LogP contribution in [0.3, 0.4) is 0 Å². The summed E-state index contributed by atoms with van der Waals surface area (Å²) in [5, 5.41) is 0. The minimum atomic E-state index is -3.77. The fourth-order valence-corrected chi connectivity index (χ4v) is 5.13. The average Bonchev–Trinajstić information content (AvgIpc) is 2.97. The molecular formula is C21H31N3O4S. The lowest BCUT2D eigenvalue weighted by Gasteiger charge is -2.31. The first-order valence-corrected chi connectivity index (χ1v) is 11.5. The zero-order chi connectivity index (χ0) is 20.9. The summed E-state index contributed by atoms with van der Waals surface area (Å²) in [5.74, 6) is 0.765. The van der Waals surface area contributed by atoms with Gasteiger partial charge in [0.1, 0.15) is 16.4 Å². The van der Waals surface area contributed by atoms with E-state index < -0.39 is 10.0 Å². The number of hydrogen-bond donors (Lipinski definition) is 1. The zero-order valence-electron chi connectivity index (χ0n) is 17.4. The van der Waals surface area contributed by atoms with E-state index in [1.54, 1.807) is 12.1 Å². The first-order chi connectivity index (χ1) is 14.0. The van der Waals surface area contributed by atoms with Crippen LogP contribution in [0.5, 0.6) is 11.5 Å². The Hall–Kier alpha value is -2.03. The number of ether oxygens (including phenoxy) is 2. The number of aryl methyl sites for hydroxylation is 1. The van der Waals surface area contributed by atoms with E-state index >= 15 is 0 Å². The summed E-state index contributed by atoms with van der Waals surface area (Å²) in [5.41, 5.74) is 1.10. The molecule has 1 saturated heterocycles. The molecule has 1 atom stereocenters. The third-order valence-corrected chi connectivity index (χ3v) is 6.98. The highest BCUT2D eigenvalue weighted by Gasteiger charge is 2.27. The van der Waals surface area contributed by atoms with Crippen molar-refractivity contribution in [2.24, 2.45) is 7.05 Å². The third kappa shape index (κ3) is 5.12. The molecule has 160 valence electrons. The van der Waals surface area contributed by atoms with Crippen molar-refractivity contribution in [2.45, 2.75) is 36.6 Å². The largest absolute Gasteiger partial charge is 0.497 e. The van der Waals surface area contributed by atoms with Gasteiger partial charge in [0.25, 0.3) is 0 Å². The second kappa shape index (κ2) is 9.65. The quantitative estimate of drug-likeness (QED) is 0.710. The van der Waals surface area contributed by atoms with E-state index in [-0.39, 0.29) is 10.9 Å². The number of aromatic nitrogens is 1. The first kappa shape index (κ1) is 21.7. The number of methoxy groups -OCH3 is 2. The smallest absolute Gasteiger partial charge is 0.244 e. The number of nitrogens with one attached hydrogen (secondary N) is 1. The van der Waals surface area contributed by atoms with E-state index in [2.05, 4.69) is 20.3 Å². The van der Waals surface area contributed by atoms with E-state index in [0.717, 1.165) is 31.6 Å². The molecule has 0 aliphatic carbocycles. The summed E-state index contributed by atoms with van der Waals surface area (Å²) in [6.07, 6.45) is 6.72. The van der Waals surface area contributed by atoms with E-state index in [9.17, 15) is 8.42 Å². The van der Waals surface area contributed by atoms with Gasteiger partial charge >= 0.3 is 0 Å². The van der Waals surface area contributed by atoms with E-state index in [0.29, 0.717) is 18.0 Å². The second-order valence-corrected chi connectivity index (χ2v) is 9.11. The van der Waals surface area contributed by atoms with E-state index in [1.807, 2.05) is 19.3 Å². The van der Waals surface area contributed by atoms with Gasteiger partial charge in [0.15, 0.2) is 0 Å². The Balaban J connectivity index is 1.86. The molecule has 0 bridgehead atoms. The molecule has 7 nitrogen and oxygen atoms in total. The van der Waals surface area contributed by atoms with Gasteiger partial charge in [0.05, 0.1) is 20.3 Å². The lowest BCUT2D eigenvalue weighted by atomic mass is 10.1. The van der Waals surface area contributed by atoms with Crippen molar-refractivity contribution in [3.8, 4) is 11.5 Å². The highest BCUT2D eigenvalue weighted by atomic mass is 32.2. The van der Waals surface area contributed by atoms with Gasteiger partial charge in [0, 0.05) is 31.5 Å². The number of rotatable bonds is 8. The Labute approximate surface area is 173 Å². The predicted molar refractivity (Wildman–Crippen MR) is 113 cm³/mol. The maximum absolute atomic E-state index is 13.1. The summed E-state index contributed by atoms with van der Waals surface area (Å²) in [6.45, 7) is 2.24. The monoisotopic (exact) mass is 421 g/mol. The summed E-state index contributed by atoms with van der Waals surface area (Å²) in [4.78, 5) is 2.48. The van der Waals surface area contributed by atoms with Crippen LogP contribution >= 0.6 is 0 Å². The first-order valence-electron chi connectivity index (χ1n) is 10.0. The fourth-order valence-electron chi connectivity index (χ4n) is 3.91.